The Morgan fingerprint density at radius 2 is 2.05 bits per heavy atom. The molecule has 1 fully saturated rings. The topological polar surface area (TPSA) is 87.4 Å². The highest BCUT2D eigenvalue weighted by molar-refractivity contribution is 5.80. The molecule has 0 aliphatic carbocycles. The van der Waals surface area contributed by atoms with Crippen molar-refractivity contribution >= 4 is 11.5 Å². The summed E-state index contributed by atoms with van der Waals surface area (Å²) in [5.74, 6) is 0.652. The van der Waals surface area contributed by atoms with Crippen LogP contribution in [0.3, 0.4) is 0 Å². The third-order valence-electron chi connectivity index (χ3n) is 3.32. The molecule has 0 radical (unpaired) electrons. The second kappa shape index (κ2) is 4.81. The number of nitrogen functional groups attached to an aromatic ring is 1. The van der Waals surface area contributed by atoms with Crippen LogP contribution in [-0.2, 0) is 4.74 Å². The van der Waals surface area contributed by atoms with Crippen LogP contribution in [0.15, 0.2) is 24.4 Å². The zero-order chi connectivity index (χ0) is 13.2. The predicted octanol–water partition coefficient (Wildman–Crippen LogP) is 1.20. The first-order chi connectivity index (χ1) is 9.25. The molecular weight excluding hydrogens is 244 g/mol. The Kier molecular flexibility index (Phi) is 3.00. The molecule has 100 valence electrons. The number of hydrogen-bond donors (Lipinski definition) is 3. The second-order valence-electron chi connectivity index (χ2n) is 4.50. The molecule has 1 aromatic carbocycles. The van der Waals surface area contributed by atoms with Gasteiger partial charge in [0.05, 0.1) is 19.4 Å². The highest BCUT2D eigenvalue weighted by atomic mass is 16.5. The van der Waals surface area contributed by atoms with E-state index in [9.17, 15) is 5.11 Å². The lowest BCUT2D eigenvalue weighted by Gasteiger charge is -2.29. The number of ether oxygens (including phenoxy) is 1. The summed E-state index contributed by atoms with van der Waals surface area (Å²) >= 11 is 0. The summed E-state index contributed by atoms with van der Waals surface area (Å²) in [4.78, 5) is 2.22. The van der Waals surface area contributed by atoms with Crippen LogP contribution in [0.1, 0.15) is 0 Å². The number of nitrogens with one attached hydrogen (secondary N) is 1. The summed E-state index contributed by atoms with van der Waals surface area (Å²) in [7, 11) is 0. The van der Waals surface area contributed by atoms with E-state index in [1.165, 1.54) is 0 Å². The predicted molar refractivity (Wildman–Crippen MR) is 73.1 cm³/mol. The van der Waals surface area contributed by atoms with Crippen LogP contribution >= 0.6 is 0 Å². The molecule has 1 aromatic heterocycles. The molecule has 2 aromatic rings. The lowest BCUT2D eigenvalue weighted by molar-refractivity contribution is 0.122. The highest BCUT2D eigenvalue weighted by Crippen LogP contribution is 2.35. The smallest absolute Gasteiger partial charge is 0.126 e. The maximum Gasteiger partial charge on any atom is 0.126 e. The summed E-state index contributed by atoms with van der Waals surface area (Å²) in [5.41, 5.74) is 8.27. The second-order valence-corrected chi connectivity index (χ2v) is 4.50. The summed E-state index contributed by atoms with van der Waals surface area (Å²) in [5, 5.41) is 16.6. The van der Waals surface area contributed by atoms with Gasteiger partial charge in [-0.3, -0.25) is 5.10 Å². The number of H-pyrrole nitrogens is 1. The fourth-order valence-electron chi connectivity index (χ4n) is 2.27. The zero-order valence-corrected chi connectivity index (χ0v) is 10.5. The van der Waals surface area contributed by atoms with Crippen molar-refractivity contribution in [2.45, 2.75) is 0 Å². The number of phenolic OH excluding ortho intramolecular Hbond substituents is 1. The molecule has 0 spiro atoms. The summed E-state index contributed by atoms with van der Waals surface area (Å²) in [6, 6.07) is 5.52. The molecule has 0 saturated carbocycles. The number of hydrogen-bond acceptors (Lipinski definition) is 5. The number of morpholine rings is 1. The molecule has 1 aliphatic heterocycles. The Labute approximate surface area is 110 Å². The molecule has 0 atom stereocenters. The fraction of sp³-hybridized carbons (Fsp3) is 0.308. The van der Waals surface area contributed by atoms with Crippen molar-refractivity contribution in [3.63, 3.8) is 0 Å². The zero-order valence-electron chi connectivity index (χ0n) is 10.5. The third kappa shape index (κ3) is 2.22. The Bertz CT molecular complexity index is 576. The molecular formula is C13H16N4O2. The van der Waals surface area contributed by atoms with E-state index in [0.717, 1.165) is 32.0 Å². The number of phenols is 1. The summed E-state index contributed by atoms with van der Waals surface area (Å²) in [6.07, 6.45) is 1.62. The van der Waals surface area contributed by atoms with E-state index in [0.29, 0.717) is 16.9 Å². The van der Waals surface area contributed by atoms with Gasteiger partial charge in [-0.05, 0) is 18.2 Å². The van der Waals surface area contributed by atoms with E-state index < -0.39 is 0 Å². The number of nitrogens with zero attached hydrogens (tertiary/aromatic N) is 2. The van der Waals surface area contributed by atoms with Crippen molar-refractivity contribution in [3.05, 3.63) is 24.4 Å². The van der Waals surface area contributed by atoms with Gasteiger partial charge in [0.15, 0.2) is 0 Å². The third-order valence-corrected chi connectivity index (χ3v) is 3.32. The molecule has 6 nitrogen and oxygen atoms in total. The number of aromatic amines is 1. The van der Waals surface area contributed by atoms with Gasteiger partial charge in [0, 0.05) is 29.9 Å². The molecule has 0 bridgehead atoms. The number of nitrogens with two attached hydrogens (primary N) is 1. The minimum Gasteiger partial charge on any atom is -0.507 e. The number of rotatable bonds is 2. The van der Waals surface area contributed by atoms with Gasteiger partial charge < -0.3 is 20.5 Å². The number of benzene rings is 1. The average molecular weight is 260 g/mol. The molecule has 4 N–H and O–H groups in total. The quantitative estimate of drug-likeness (QED) is 0.755. The van der Waals surface area contributed by atoms with E-state index in [2.05, 4.69) is 15.1 Å². The van der Waals surface area contributed by atoms with Crippen molar-refractivity contribution in [3.8, 4) is 16.9 Å². The van der Waals surface area contributed by atoms with Crippen molar-refractivity contribution in [2.75, 3.05) is 36.9 Å². The normalized spacial score (nSPS) is 15.7. The molecule has 1 aliphatic rings. The van der Waals surface area contributed by atoms with Gasteiger partial charge in [-0.2, -0.15) is 5.10 Å². The van der Waals surface area contributed by atoms with Crippen LogP contribution in [0.4, 0.5) is 11.5 Å². The minimum atomic E-state index is 0.199. The van der Waals surface area contributed by atoms with Crippen molar-refractivity contribution in [2.24, 2.45) is 0 Å². The Morgan fingerprint density at radius 1 is 1.26 bits per heavy atom. The monoisotopic (exact) mass is 260 g/mol. The van der Waals surface area contributed by atoms with E-state index >= 15 is 0 Å². The van der Waals surface area contributed by atoms with Gasteiger partial charge in [0.1, 0.15) is 11.6 Å². The van der Waals surface area contributed by atoms with Crippen molar-refractivity contribution in [1.82, 2.24) is 10.2 Å². The van der Waals surface area contributed by atoms with Crippen molar-refractivity contribution < 1.29 is 9.84 Å². The van der Waals surface area contributed by atoms with E-state index in [1.807, 2.05) is 12.1 Å². The largest absolute Gasteiger partial charge is 0.507 e. The van der Waals surface area contributed by atoms with Gasteiger partial charge in [0.2, 0.25) is 0 Å². The van der Waals surface area contributed by atoms with E-state index in [-0.39, 0.29) is 5.75 Å². The first-order valence-corrected chi connectivity index (χ1v) is 6.20. The van der Waals surface area contributed by atoms with Crippen LogP contribution in [0.25, 0.3) is 11.1 Å². The van der Waals surface area contributed by atoms with Crippen LogP contribution in [-0.4, -0.2) is 41.6 Å². The lowest BCUT2D eigenvalue weighted by Crippen LogP contribution is -2.36. The molecule has 6 heteroatoms. The standard InChI is InChI=1S/C13H16N4O2/c14-13-11(8-15-16-13)10-7-9(1-2-12(10)18)17-3-5-19-6-4-17/h1-2,7-8,18H,3-6H2,(H3,14,15,16). The van der Waals surface area contributed by atoms with Gasteiger partial charge >= 0.3 is 0 Å². The summed E-state index contributed by atoms with van der Waals surface area (Å²) in [6.45, 7) is 3.16. The van der Waals surface area contributed by atoms with Crippen LogP contribution in [0, 0.1) is 0 Å². The van der Waals surface area contributed by atoms with Crippen molar-refractivity contribution in [1.29, 1.82) is 0 Å². The maximum absolute atomic E-state index is 9.99. The molecule has 19 heavy (non-hydrogen) atoms. The fourth-order valence-corrected chi connectivity index (χ4v) is 2.27. The Morgan fingerprint density at radius 3 is 2.74 bits per heavy atom. The first kappa shape index (κ1) is 11.9. The highest BCUT2D eigenvalue weighted by Gasteiger charge is 2.15. The average Bonchev–Trinajstić information content (AvgIpc) is 2.86. The summed E-state index contributed by atoms with van der Waals surface area (Å²) < 4.78 is 5.34. The SMILES string of the molecule is Nc1[nH]ncc1-c1cc(N2CCOCC2)ccc1O. The minimum absolute atomic E-state index is 0.199. The number of anilines is 2. The molecule has 0 unspecified atom stereocenters. The van der Waals surface area contributed by atoms with Gasteiger partial charge in [0.25, 0.3) is 0 Å². The van der Waals surface area contributed by atoms with E-state index in [4.69, 9.17) is 10.5 Å². The van der Waals surface area contributed by atoms with Gasteiger partial charge in [-0.25, -0.2) is 0 Å². The van der Waals surface area contributed by atoms with Gasteiger partial charge in [-0.1, -0.05) is 0 Å². The first-order valence-electron chi connectivity index (χ1n) is 6.20. The van der Waals surface area contributed by atoms with Crippen LogP contribution in [0.2, 0.25) is 0 Å². The lowest BCUT2D eigenvalue weighted by atomic mass is 10.1. The number of aromatic hydroxyl groups is 1. The molecule has 1 saturated heterocycles. The Balaban J connectivity index is 1.98. The molecule has 2 heterocycles. The van der Waals surface area contributed by atoms with Crippen LogP contribution in [0.5, 0.6) is 5.75 Å². The molecule has 3 rings (SSSR count). The Hall–Kier alpha value is -2.21. The number of aromatic nitrogens is 2. The van der Waals surface area contributed by atoms with Crippen LogP contribution < -0.4 is 10.6 Å². The van der Waals surface area contributed by atoms with E-state index in [1.54, 1.807) is 12.3 Å². The maximum atomic E-state index is 9.99. The van der Waals surface area contributed by atoms with Gasteiger partial charge in [-0.15, -0.1) is 0 Å². The molecule has 0 amide bonds.